The Labute approximate surface area is 160 Å². The van der Waals surface area contributed by atoms with Crippen LogP contribution in [-0.4, -0.2) is 32.1 Å². The third kappa shape index (κ3) is 5.41. The highest BCUT2D eigenvalue weighted by Crippen LogP contribution is 2.26. The summed E-state index contributed by atoms with van der Waals surface area (Å²) in [5, 5.41) is 6.32. The minimum atomic E-state index is -0.232. The normalized spacial score (nSPS) is 14.6. The van der Waals surface area contributed by atoms with Crippen LogP contribution in [0.25, 0.3) is 0 Å². The zero-order chi connectivity index (χ0) is 19.1. The van der Waals surface area contributed by atoms with Crippen molar-refractivity contribution < 1.29 is 14.3 Å². The zero-order valence-corrected chi connectivity index (χ0v) is 15.7. The SMILES string of the molecule is COC(=O)CCc1ccc(C(=O)Nc2ccc(C3CCNCC3)cc2)cc1. The van der Waals surface area contributed by atoms with E-state index < -0.39 is 0 Å². The molecule has 0 atom stereocenters. The summed E-state index contributed by atoms with van der Waals surface area (Å²) in [6.45, 7) is 2.14. The maximum absolute atomic E-state index is 12.4. The van der Waals surface area contributed by atoms with Gasteiger partial charge >= 0.3 is 5.97 Å². The van der Waals surface area contributed by atoms with Gasteiger partial charge in [-0.2, -0.15) is 0 Å². The van der Waals surface area contributed by atoms with Crippen LogP contribution in [0, 0.1) is 0 Å². The van der Waals surface area contributed by atoms with Crippen LogP contribution in [-0.2, 0) is 16.0 Å². The Kier molecular flexibility index (Phi) is 6.60. The lowest BCUT2D eigenvalue weighted by atomic mass is 9.90. The van der Waals surface area contributed by atoms with Crippen molar-refractivity contribution in [1.29, 1.82) is 0 Å². The van der Waals surface area contributed by atoms with Crippen molar-refractivity contribution in [3.05, 3.63) is 65.2 Å². The van der Waals surface area contributed by atoms with Crippen molar-refractivity contribution in [2.45, 2.75) is 31.6 Å². The molecule has 1 fully saturated rings. The van der Waals surface area contributed by atoms with E-state index in [-0.39, 0.29) is 11.9 Å². The number of anilines is 1. The van der Waals surface area contributed by atoms with Gasteiger partial charge in [-0.25, -0.2) is 0 Å². The second-order valence-electron chi connectivity index (χ2n) is 6.87. The van der Waals surface area contributed by atoms with Gasteiger partial charge in [0.05, 0.1) is 7.11 Å². The topological polar surface area (TPSA) is 67.4 Å². The number of methoxy groups -OCH3 is 1. The first-order valence-corrected chi connectivity index (χ1v) is 9.43. The van der Waals surface area contributed by atoms with E-state index in [1.807, 2.05) is 24.3 Å². The van der Waals surface area contributed by atoms with Crippen LogP contribution in [0.3, 0.4) is 0 Å². The van der Waals surface area contributed by atoms with Crippen molar-refractivity contribution in [3.63, 3.8) is 0 Å². The molecule has 0 radical (unpaired) electrons. The van der Waals surface area contributed by atoms with Crippen LogP contribution in [0.2, 0.25) is 0 Å². The van der Waals surface area contributed by atoms with Gasteiger partial charge in [0, 0.05) is 17.7 Å². The number of esters is 1. The van der Waals surface area contributed by atoms with E-state index in [4.69, 9.17) is 0 Å². The average Bonchev–Trinajstić information content (AvgIpc) is 2.73. The molecule has 2 aromatic carbocycles. The maximum Gasteiger partial charge on any atom is 0.305 e. The van der Waals surface area contributed by atoms with Gasteiger partial charge in [-0.05, 0) is 73.7 Å². The standard InChI is InChI=1S/C22H26N2O3/c1-27-21(25)11-4-16-2-5-19(6-3-16)22(26)24-20-9-7-17(8-10-20)18-12-14-23-15-13-18/h2-3,5-10,18,23H,4,11-15H2,1H3,(H,24,26). The lowest BCUT2D eigenvalue weighted by molar-refractivity contribution is -0.140. The summed E-state index contributed by atoms with van der Waals surface area (Å²) in [6, 6.07) is 15.5. The summed E-state index contributed by atoms with van der Waals surface area (Å²) < 4.78 is 4.64. The summed E-state index contributed by atoms with van der Waals surface area (Å²) in [5.41, 5.74) is 3.74. The molecule has 2 aromatic rings. The summed E-state index contributed by atoms with van der Waals surface area (Å²) in [6.07, 6.45) is 3.26. The van der Waals surface area contributed by atoms with E-state index in [2.05, 4.69) is 27.5 Å². The molecule has 0 spiro atoms. The molecule has 142 valence electrons. The molecular weight excluding hydrogens is 340 g/mol. The highest BCUT2D eigenvalue weighted by atomic mass is 16.5. The zero-order valence-electron chi connectivity index (χ0n) is 15.7. The monoisotopic (exact) mass is 366 g/mol. The first-order chi connectivity index (χ1) is 13.2. The Morgan fingerprint density at radius 1 is 1.04 bits per heavy atom. The molecule has 0 saturated carbocycles. The number of benzene rings is 2. The molecule has 0 aliphatic carbocycles. The molecular formula is C22H26N2O3. The molecule has 5 heteroatoms. The number of nitrogens with one attached hydrogen (secondary N) is 2. The Morgan fingerprint density at radius 2 is 1.70 bits per heavy atom. The number of ether oxygens (including phenoxy) is 1. The molecule has 5 nitrogen and oxygen atoms in total. The van der Waals surface area contributed by atoms with Gasteiger partial charge in [-0.15, -0.1) is 0 Å². The van der Waals surface area contributed by atoms with Crippen molar-refractivity contribution in [2.24, 2.45) is 0 Å². The van der Waals surface area contributed by atoms with Crippen LogP contribution < -0.4 is 10.6 Å². The maximum atomic E-state index is 12.4. The highest BCUT2D eigenvalue weighted by Gasteiger charge is 2.15. The van der Waals surface area contributed by atoms with E-state index in [9.17, 15) is 9.59 Å². The fourth-order valence-electron chi connectivity index (χ4n) is 3.37. The van der Waals surface area contributed by atoms with Gasteiger partial charge in [0.2, 0.25) is 0 Å². The minimum Gasteiger partial charge on any atom is -0.469 e. The molecule has 1 aliphatic rings. The third-order valence-corrected chi connectivity index (χ3v) is 5.04. The van der Waals surface area contributed by atoms with Gasteiger partial charge in [-0.3, -0.25) is 9.59 Å². The van der Waals surface area contributed by atoms with Crippen molar-refractivity contribution in [3.8, 4) is 0 Å². The van der Waals surface area contributed by atoms with E-state index in [1.54, 1.807) is 12.1 Å². The fourth-order valence-corrected chi connectivity index (χ4v) is 3.37. The van der Waals surface area contributed by atoms with Crippen LogP contribution >= 0.6 is 0 Å². The number of piperidine rings is 1. The number of rotatable bonds is 6. The summed E-state index contributed by atoms with van der Waals surface area (Å²) in [4.78, 5) is 23.6. The van der Waals surface area contributed by atoms with Crippen molar-refractivity contribution in [1.82, 2.24) is 5.32 Å². The summed E-state index contributed by atoms with van der Waals surface area (Å²) in [5.74, 6) is 0.238. The Hall–Kier alpha value is -2.66. The first-order valence-electron chi connectivity index (χ1n) is 9.43. The molecule has 0 unspecified atom stereocenters. The molecule has 1 heterocycles. The van der Waals surface area contributed by atoms with E-state index in [0.717, 1.165) is 37.2 Å². The van der Waals surface area contributed by atoms with Gasteiger partial charge in [0.25, 0.3) is 5.91 Å². The van der Waals surface area contributed by atoms with E-state index >= 15 is 0 Å². The lowest BCUT2D eigenvalue weighted by Crippen LogP contribution is -2.26. The predicted molar refractivity (Wildman–Crippen MR) is 106 cm³/mol. The highest BCUT2D eigenvalue weighted by molar-refractivity contribution is 6.04. The fraction of sp³-hybridized carbons (Fsp3) is 0.364. The number of carbonyl (C=O) groups is 2. The van der Waals surface area contributed by atoms with Crippen LogP contribution in [0.1, 0.15) is 46.7 Å². The molecule has 1 aliphatic heterocycles. The number of carbonyl (C=O) groups excluding carboxylic acids is 2. The molecule has 1 saturated heterocycles. The largest absolute Gasteiger partial charge is 0.469 e. The first kappa shape index (κ1) is 19.1. The van der Waals surface area contributed by atoms with Gasteiger partial charge < -0.3 is 15.4 Å². The smallest absolute Gasteiger partial charge is 0.305 e. The quantitative estimate of drug-likeness (QED) is 0.768. The van der Waals surface area contributed by atoms with Gasteiger partial charge in [0.1, 0.15) is 0 Å². The van der Waals surface area contributed by atoms with Crippen LogP contribution in [0.5, 0.6) is 0 Å². The van der Waals surface area contributed by atoms with Crippen molar-refractivity contribution in [2.75, 3.05) is 25.5 Å². The van der Waals surface area contributed by atoms with Gasteiger partial charge in [-0.1, -0.05) is 24.3 Å². The lowest BCUT2D eigenvalue weighted by Gasteiger charge is -2.23. The molecule has 0 aromatic heterocycles. The molecule has 3 rings (SSSR count). The predicted octanol–water partition coefficient (Wildman–Crippen LogP) is 3.51. The number of hydrogen-bond donors (Lipinski definition) is 2. The summed E-state index contributed by atoms with van der Waals surface area (Å²) >= 11 is 0. The van der Waals surface area contributed by atoms with E-state index in [0.29, 0.717) is 24.3 Å². The molecule has 1 amide bonds. The van der Waals surface area contributed by atoms with Gasteiger partial charge in [0.15, 0.2) is 0 Å². The average molecular weight is 366 g/mol. The van der Waals surface area contributed by atoms with Crippen molar-refractivity contribution >= 4 is 17.6 Å². The molecule has 0 bridgehead atoms. The number of aryl methyl sites for hydroxylation is 1. The number of amides is 1. The Bertz CT molecular complexity index is 763. The Balaban J connectivity index is 1.55. The second-order valence-corrected chi connectivity index (χ2v) is 6.87. The summed E-state index contributed by atoms with van der Waals surface area (Å²) in [7, 11) is 1.38. The van der Waals surface area contributed by atoms with Crippen LogP contribution in [0.15, 0.2) is 48.5 Å². The van der Waals surface area contributed by atoms with Crippen LogP contribution in [0.4, 0.5) is 5.69 Å². The minimum absolute atomic E-state index is 0.135. The van der Waals surface area contributed by atoms with E-state index in [1.165, 1.54) is 12.7 Å². The molecule has 27 heavy (non-hydrogen) atoms. The number of hydrogen-bond acceptors (Lipinski definition) is 4. The third-order valence-electron chi connectivity index (χ3n) is 5.04. The molecule has 2 N–H and O–H groups in total. The second kappa shape index (κ2) is 9.33. The Morgan fingerprint density at radius 3 is 2.33 bits per heavy atom.